The summed E-state index contributed by atoms with van der Waals surface area (Å²) in [5.74, 6) is 1.12. The monoisotopic (exact) mass is 276 g/mol. The molecule has 3 aromatic heterocycles. The second-order valence-corrected chi connectivity index (χ2v) is 5.83. The summed E-state index contributed by atoms with van der Waals surface area (Å²) in [4.78, 5) is 10.7. The molecule has 0 bridgehead atoms. The van der Waals surface area contributed by atoms with Crippen molar-refractivity contribution in [3.05, 3.63) is 33.8 Å². The van der Waals surface area contributed by atoms with Crippen LogP contribution in [0.15, 0.2) is 29.0 Å². The summed E-state index contributed by atoms with van der Waals surface area (Å²) in [6.45, 7) is 2.11. The van der Waals surface area contributed by atoms with Gasteiger partial charge in [0.15, 0.2) is 0 Å². The van der Waals surface area contributed by atoms with Gasteiger partial charge in [-0.15, -0.1) is 22.7 Å². The van der Waals surface area contributed by atoms with Gasteiger partial charge in [-0.25, -0.2) is 4.98 Å². The topological polar surface area (TPSA) is 63.8 Å². The van der Waals surface area contributed by atoms with Crippen LogP contribution < -0.4 is 11.1 Å². The van der Waals surface area contributed by atoms with Crippen LogP contribution in [-0.4, -0.2) is 9.97 Å². The number of hydrogen-bond donors (Lipinski definition) is 2. The molecule has 0 aliphatic heterocycles. The quantitative estimate of drug-likeness (QED) is 0.768. The zero-order chi connectivity index (χ0) is 12.5. The number of fused-ring (bicyclic) bond motifs is 1. The second-order valence-electron chi connectivity index (χ2n) is 3.95. The first-order valence-corrected chi connectivity index (χ1v) is 7.30. The molecule has 4 nitrogen and oxygen atoms in total. The highest BCUT2D eigenvalue weighted by Gasteiger charge is 2.11. The van der Waals surface area contributed by atoms with E-state index >= 15 is 0 Å². The van der Waals surface area contributed by atoms with Gasteiger partial charge in [0, 0.05) is 4.88 Å². The Kier molecular flexibility index (Phi) is 2.89. The first-order chi connectivity index (χ1) is 8.74. The molecule has 1 atom stereocenters. The summed E-state index contributed by atoms with van der Waals surface area (Å²) in [7, 11) is 0. The maximum absolute atomic E-state index is 5.73. The summed E-state index contributed by atoms with van der Waals surface area (Å²) in [6, 6.07) is 6.38. The van der Waals surface area contributed by atoms with Gasteiger partial charge in [-0.05, 0) is 29.8 Å². The third kappa shape index (κ3) is 2.04. The van der Waals surface area contributed by atoms with Crippen molar-refractivity contribution in [3.63, 3.8) is 0 Å². The number of hydrogen-bond acceptors (Lipinski definition) is 6. The molecule has 0 radical (unpaired) electrons. The molecule has 3 aromatic rings. The van der Waals surface area contributed by atoms with Crippen LogP contribution in [0, 0.1) is 0 Å². The Labute approximate surface area is 113 Å². The molecule has 1 unspecified atom stereocenters. The van der Waals surface area contributed by atoms with Gasteiger partial charge < -0.3 is 11.1 Å². The molecule has 0 aliphatic carbocycles. The van der Waals surface area contributed by atoms with Gasteiger partial charge in [0.25, 0.3) is 0 Å². The molecule has 0 aliphatic rings. The molecule has 92 valence electrons. The maximum atomic E-state index is 5.73. The molecule has 3 rings (SSSR count). The Bertz CT molecular complexity index is 660. The van der Waals surface area contributed by atoms with Crippen LogP contribution in [0.3, 0.4) is 0 Å². The molecule has 0 aromatic carbocycles. The van der Waals surface area contributed by atoms with Crippen molar-refractivity contribution in [3.8, 4) is 0 Å². The number of thiophene rings is 2. The molecule has 18 heavy (non-hydrogen) atoms. The summed E-state index contributed by atoms with van der Waals surface area (Å²) in [5.41, 5.74) is 5.73. The standard InChI is InChI=1S/C12H12N4S2/c1-7(9-3-2-5-17-9)14-10-8-4-6-18-11(8)16-12(13)15-10/h2-7H,1H3,(H3,13,14,15,16). The van der Waals surface area contributed by atoms with Crippen molar-refractivity contribution in [2.75, 3.05) is 11.1 Å². The van der Waals surface area contributed by atoms with E-state index in [-0.39, 0.29) is 6.04 Å². The van der Waals surface area contributed by atoms with Crippen LogP contribution in [0.5, 0.6) is 0 Å². The molecule has 0 spiro atoms. The summed E-state index contributed by atoms with van der Waals surface area (Å²) >= 11 is 3.30. The highest BCUT2D eigenvalue weighted by Crippen LogP contribution is 2.29. The fourth-order valence-electron chi connectivity index (χ4n) is 1.80. The fourth-order valence-corrected chi connectivity index (χ4v) is 3.30. The highest BCUT2D eigenvalue weighted by atomic mass is 32.1. The molecule has 3 N–H and O–H groups in total. The SMILES string of the molecule is CC(Nc1nc(N)nc2sccc12)c1cccs1. The predicted octanol–water partition coefficient (Wildman–Crippen LogP) is 3.51. The number of nitrogens with one attached hydrogen (secondary N) is 1. The number of nitrogens with zero attached hydrogens (tertiary/aromatic N) is 2. The number of anilines is 2. The lowest BCUT2D eigenvalue weighted by atomic mass is 10.2. The van der Waals surface area contributed by atoms with Crippen LogP contribution in [0.4, 0.5) is 11.8 Å². The smallest absolute Gasteiger partial charge is 0.223 e. The number of rotatable bonds is 3. The highest BCUT2D eigenvalue weighted by molar-refractivity contribution is 7.16. The van der Waals surface area contributed by atoms with E-state index in [0.29, 0.717) is 5.95 Å². The van der Waals surface area contributed by atoms with Gasteiger partial charge >= 0.3 is 0 Å². The van der Waals surface area contributed by atoms with E-state index in [0.717, 1.165) is 16.0 Å². The lowest BCUT2D eigenvalue weighted by Gasteiger charge is -2.13. The van der Waals surface area contributed by atoms with Gasteiger partial charge in [-0.3, -0.25) is 0 Å². The minimum atomic E-state index is 0.211. The van der Waals surface area contributed by atoms with E-state index in [1.165, 1.54) is 4.88 Å². The molecular weight excluding hydrogens is 264 g/mol. The van der Waals surface area contributed by atoms with Crippen molar-refractivity contribution in [2.24, 2.45) is 0 Å². The van der Waals surface area contributed by atoms with Crippen molar-refractivity contribution >= 4 is 44.7 Å². The van der Waals surface area contributed by atoms with E-state index in [1.54, 1.807) is 22.7 Å². The Balaban J connectivity index is 1.97. The van der Waals surface area contributed by atoms with Crippen molar-refractivity contribution in [2.45, 2.75) is 13.0 Å². The first kappa shape index (κ1) is 11.4. The van der Waals surface area contributed by atoms with E-state index in [2.05, 4.69) is 33.7 Å². The average Bonchev–Trinajstić information content (AvgIpc) is 2.98. The van der Waals surface area contributed by atoms with Gasteiger partial charge in [0.1, 0.15) is 10.6 Å². The lowest BCUT2D eigenvalue weighted by molar-refractivity contribution is 0.899. The van der Waals surface area contributed by atoms with E-state index in [4.69, 9.17) is 5.73 Å². The van der Waals surface area contributed by atoms with Crippen molar-refractivity contribution in [1.82, 2.24) is 9.97 Å². The Morgan fingerprint density at radius 2 is 2.11 bits per heavy atom. The van der Waals surface area contributed by atoms with Crippen LogP contribution in [-0.2, 0) is 0 Å². The average molecular weight is 276 g/mol. The normalized spacial score (nSPS) is 12.7. The number of nitrogens with two attached hydrogens (primary N) is 1. The summed E-state index contributed by atoms with van der Waals surface area (Å²) < 4.78 is 0. The summed E-state index contributed by atoms with van der Waals surface area (Å²) in [6.07, 6.45) is 0. The van der Waals surface area contributed by atoms with Crippen LogP contribution in [0.25, 0.3) is 10.2 Å². The zero-order valence-electron chi connectivity index (χ0n) is 9.75. The largest absolute Gasteiger partial charge is 0.368 e. The van der Waals surface area contributed by atoms with Crippen LogP contribution in [0.1, 0.15) is 17.8 Å². The number of aromatic nitrogens is 2. The van der Waals surface area contributed by atoms with E-state index in [9.17, 15) is 0 Å². The fraction of sp³-hybridized carbons (Fsp3) is 0.167. The van der Waals surface area contributed by atoms with Gasteiger partial charge in [0.05, 0.1) is 11.4 Å². The Morgan fingerprint density at radius 1 is 1.22 bits per heavy atom. The maximum Gasteiger partial charge on any atom is 0.223 e. The van der Waals surface area contributed by atoms with E-state index < -0.39 is 0 Å². The van der Waals surface area contributed by atoms with Gasteiger partial charge in [-0.2, -0.15) is 4.98 Å². The third-order valence-corrected chi connectivity index (χ3v) is 4.53. The van der Waals surface area contributed by atoms with Crippen molar-refractivity contribution in [1.29, 1.82) is 0 Å². The van der Waals surface area contributed by atoms with Crippen molar-refractivity contribution < 1.29 is 0 Å². The zero-order valence-corrected chi connectivity index (χ0v) is 11.4. The van der Waals surface area contributed by atoms with Gasteiger partial charge in [-0.1, -0.05) is 6.07 Å². The summed E-state index contributed by atoms with van der Waals surface area (Å²) in [5, 5.41) is 8.50. The van der Waals surface area contributed by atoms with Gasteiger partial charge in [0.2, 0.25) is 5.95 Å². The first-order valence-electron chi connectivity index (χ1n) is 5.54. The molecule has 0 saturated heterocycles. The number of nitrogen functional groups attached to an aromatic ring is 1. The molecule has 6 heteroatoms. The third-order valence-electron chi connectivity index (χ3n) is 2.67. The second kappa shape index (κ2) is 4.55. The Morgan fingerprint density at radius 3 is 2.89 bits per heavy atom. The molecule has 0 saturated carbocycles. The lowest BCUT2D eigenvalue weighted by Crippen LogP contribution is -2.08. The van der Waals surface area contributed by atoms with Crippen LogP contribution >= 0.6 is 22.7 Å². The molecule has 0 amide bonds. The predicted molar refractivity (Wildman–Crippen MR) is 78.2 cm³/mol. The van der Waals surface area contributed by atoms with E-state index in [1.807, 2.05) is 17.5 Å². The molecular formula is C12H12N4S2. The Hall–Kier alpha value is -1.66. The molecule has 3 heterocycles. The van der Waals surface area contributed by atoms with Crippen LogP contribution in [0.2, 0.25) is 0 Å². The minimum Gasteiger partial charge on any atom is -0.368 e. The minimum absolute atomic E-state index is 0.211. The molecule has 0 fully saturated rings.